The van der Waals surface area contributed by atoms with Crippen molar-refractivity contribution in [1.82, 2.24) is 38.5 Å². The number of benzene rings is 9. The van der Waals surface area contributed by atoms with Crippen molar-refractivity contribution in [3.8, 4) is 50.3 Å². The summed E-state index contributed by atoms with van der Waals surface area (Å²) in [5.41, 5.74) is 14.5. The van der Waals surface area contributed by atoms with Crippen LogP contribution >= 0.6 is 0 Å². The first-order chi connectivity index (χ1) is 45.2. The van der Waals surface area contributed by atoms with E-state index >= 15 is 0 Å². The Morgan fingerprint density at radius 3 is 1.46 bits per heavy atom. The van der Waals surface area contributed by atoms with Gasteiger partial charge in [0, 0.05) is 59.5 Å². The zero-order valence-corrected chi connectivity index (χ0v) is 52.5. The molecular formula is C80H70N8O3S+2. The van der Waals surface area contributed by atoms with Crippen molar-refractivity contribution < 1.29 is 14.3 Å². The van der Waals surface area contributed by atoms with Gasteiger partial charge in [-0.3, -0.25) is 29.4 Å². The van der Waals surface area contributed by atoms with Crippen molar-refractivity contribution in [1.29, 1.82) is 0 Å². The predicted octanol–water partition coefficient (Wildman–Crippen LogP) is 13.6. The second kappa shape index (κ2) is 23.7. The maximum Gasteiger partial charge on any atom is 0.700 e. The molecule has 7 aliphatic heterocycles. The van der Waals surface area contributed by atoms with Gasteiger partial charge in [0.1, 0.15) is 5.75 Å². The monoisotopic (exact) mass is 1220 g/mol. The van der Waals surface area contributed by atoms with Crippen LogP contribution in [0.5, 0.6) is 5.75 Å². The van der Waals surface area contributed by atoms with Crippen LogP contribution in [-0.4, -0.2) is 77.0 Å². The molecule has 0 spiro atoms. The number of aryl methyl sites for hydroxylation is 1. The summed E-state index contributed by atoms with van der Waals surface area (Å²) in [6.07, 6.45) is 12.2. The Morgan fingerprint density at radius 1 is 0.554 bits per heavy atom. The molecule has 7 aliphatic rings. The van der Waals surface area contributed by atoms with Crippen molar-refractivity contribution >= 4 is 66.5 Å². The number of piperidine rings is 6. The molecule has 9 aromatic carbocycles. The third-order valence-corrected chi connectivity index (χ3v) is 21.5. The lowest BCUT2D eigenvalue weighted by Crippen LogP contribution is -2.57. The van der Waals surface area contributed by atoms with Crippen LogP contribution in [-0.2, 0) is 11.4 Å². The minimum atomic E-state index is -0.282. The summed E-state index contributed by atoms with van der Waals surface area (Å²) >= 11 is 1.23. The molecule has 8 unspecified atom stereocenters. The van der Waals surface area contributed by atoms with Crippen LogP contribution in [0.25, 0.3) is 87.9 Å². The van der Waals surface area contributed by atoms with Crippen molar-refractivity contribution in [3.05, 3.63) is 258 Å². The summed E-state index contributed by atoms with van der Waals surface area (Å²) in [7, 11) is 1.68. The van der Waals surface area contributed by atoms with Gasteiger partial charge in [0.05, 0.1) is 49.4 Å². The maximum absolute atomic E-state index is 14.7. The Labute approximate surface area is 538 Å². The van der Waals surface area contributed by atoms with E-state index in [2.05, 4.69) is 192 Å². The van der Waals surface area contributed by atoms with Crippen LogP contribution in [0.2, 0.25) is 0 Å². The fourth-order valence-electron chi connectivity index (χ4n) is 16.3. The minimum absolute atomic E-state index is 0.0974. The molecule has 2 amide bonds. The van der Waals surface area contributed by atoms with E-state index in [1.54, 1.807) is 7.11 Å². The van der Waals surface area contributed by atoms with E-state index in [-0.39, 0.29) is 36.0 Å². The van der Waals surface area contributed by atoms with Crippen LogP contribution in [0.4, 0.5) is 0 Å². The number of hydrogen-bond acceptors (Lipinski definition) is 7. The number of carbonyl (C=O) groups is 2. The maximum atomic E-state index is 14.7. The van der Waals surface area contributed by atoms with Gasteiger partial charge in [-0.15, -0.1) is 13.2 Å². The first-order valence-corrected chi connectivity index (χ1v) is 33.0. The van der Waals surface area contributed by atoms with Gasteiger partial charge in [-0.2, -0.15) is 0 Å². The molecule has 6 fully saturated rings. The highest BCUT2D eigenvalue weighted by molar-refractivity contribution is 7.55. The van der Waals surface area contributed by atoms with Gasteiger partial charge in [0.15, 0.2) is 0 Å². The molecule has 6 saturated heterocycles. The molecule has 12 heteroatoms. The highest BCUT2D eigenvalue weighted by Crippen LogP contribution is 2.46. The second-order valence-corrected chi connectivity index (χ2v) is 26.3. The molecule has 0 radical (unpaired) electrons. The fraction of sp³-hybridized carbons (Fsp3) is 0.225. The molecule has 2 aromatic heterocycles. The first kappa shape index (κ1) is 57.3. The quantitative estimate of drug-likeness (QED) is 0.0773. The Kier molecular flexibility index (Phi) is 14.8. The molecule has 2 N–H and O–H groups in total. The molecule has 0 aliphatic carbocycles. The van der Waals surface area contributed by atoms with Crippen molar-refractivity contribution in [2.75, 3.05) is 33.3 Å². The molecule has 92 heavy (non-hydrogen) atoms. The zero-order valence-electron chi connectivity index (χ0n) is 51.6. The summed E-state index contributed by atoms with van der Waals surface area (Å²) in [4.78, 5) is 44.0. The smallest absolute Gasteiger partial charge is 0.497 e. The lowest BCUT2D eigenvalue weighted by atomic mass is 9.73. The summed E-state index contributed by atoms with van der Waals surface area (Å²) in [5.74, 6) is 2.50. The summed E-state index contributed by atoms with van der Waals surface area (Å²) in [6.45, 7) is 14.4. The standard InChI is InChI=1S/C80H68N8O3S/c1-5-48-45-87-39-35-56(48)42-71(87)75(65-33-37-81-69-31-19-47(3)41-67(65)69)83-79(89)54-24-20-50(21-25-54)59-15-7-11-52-13-9-17-61(73(52)59)63-29-30-64(78-77(63)85-92-86-78)62-18-10-14-53-12-8-16-60(74(53)62)51-22-26-55(27-23-51)80(90)84-76(72-43-57-36-40-88(72)46-49(57)6-2)66-34-38-82-70-32-28-58(91-4)44-68(66)70/h5-34,37-38,41,44,48-49,56-57,71-72,75-76H,1-2,35-36,39-40,42-43,45-46H2,3-4H3/p+2/t48?,49?,56?,57?,71?,72-,75?,76-/m0/s1. The van der Waals surface area contributed by atoms with Gasteiger partial charge in [-0.1, -0.05) is 121 Å². The highest BCUT2D eigenvalue weighted by atomic mass is 32.1. The topological polar surface area (TPSA) is 128 Å². The number of nitrogens with zero attached hydrogens (tertiary/aromatic N) is 6. The third kappa shape index (κ3) is 10.1. The first-order valence-electron chi connectivity index (χ1n) is 32.3. The molecule has 18 rings (SSSR count). The van der Waals surface area contributed by atoms with Gasteiger partial charge in [0.2, 0.25) is 0 Å². The Balaban J connectivity index is 0.701. The predicted molar refractivity (Wildman–Crippen MR) is 371 cm³/mol. The van der Waals surface area contributed by atoms with E-state index < -0.39 is 0 Å². The second-order valence-electron chi connectivity index (χ2n) is 25.8. The average molecular weight is 1220 g/mol. The van der Waals surface area contributed by atoms with Gasteiger partial charge >= 0.3 is 22.1 Å². The lowest BCUT2D eigenvalue weighted by Gasteiger charge is -2.51. The number of hydrogen-bond donors (Lipinski definition) is 2. The molecule has 4 bridgehead atoms. The zero-order chi connectivity index (χ0) is 62.1. The number of ether oxygens (including phenoxy) is 1. The minimum Gasteiger partial charge on any atom is -0.497 e. The third-order valence-electron chi connectivity index (χ3n) is 21.0. The fourth-order valence-corrected chi connectivity index (χ4v) is 16.8. The summed E-state index contributed by atoms with van der Waals surface area (Å²) in [6, 6.07) is 62.7. The number of rotatable bonds is 15. The summed E-state index contributed by atoms with van der Waals surface area (Å²) < 4.78 is 15.8. The van der Waals surface area contributed by atoms with Crippen LogP contribution < -0.4 is 34.2 Å². The number of carbonyl (C=O) groups excluding carboxylic acids is 2. The number of pyridine rings is 2. The molecule has 10 atom stereocenters. The van der Waals surface area contributed by atoms with Crippen molar-refractivity contribution in [3.63, 3.8) is 0 Å². The van der Waals surface area contributed by atoms with E-state index in [1.165, 1.54) is 11.4 Å². The molecular weight excluding hydrogens is 1150 g/mol. The van der Waals surface area contributed by atoms with Gasteiger partial charge in [0.25, 0.3) is 11.8 Å². The van der Waals surface area contributed by atoms with Crippen LogP contribution in [0.3, 0.4) is 0 Å². The van der Waals surface area contributed by atoms with Gasteiger partial charge in [-0.05, 0) is 214 Å². The van der Waals surface area contributed by atoms with Gasteiger partial charge in [-0.25, -0.2) is 0 Å². The van der Waals surface area contributed by atoms with Gasteiger partial charge < -0.3 is 15.4 Å². The van der Waals surface area contributed by atoms with Crippen LogP contribution in [0.15, 0.2) is 220 Å². The van der Waals surface area contributed by atoms with E-state index in [4.69, 9.17) is 22.8 Å². The largest absolute Gasteiger partial charge is 0.700 e. The normalized spacial score (nSPS) is 21.6. The highest BCUT2D eigenvalue weighted by Gasteiger charge is 2.45. The number of amides is 2. The number of aromatic nitrogens is 2. The van der Waals surface area contributed by atoms with E-state index in [0.29, 0.717) is 34.8 Å². The Bertz CT molecular complexity index is 5080. The van der Waals surface area contributed by atoms with E-state index in [0.717, 1.165) is 173 Å². The summed E-state index contributed by atoms with van der Waals surface area (Å²) in [5, 5.41) is 15.3. The van der Waals surface area contributed by atoms with Crippen LogP contribution in [0, 0.1) is 30.6 Å². The molecule has 9 heterocycles. The Morgan fingerprint density at radius 2 is 1.01 bits per heavy atom. The van der Waals surface area contributed by atoms with E-state index in [9.17, 15) is 9.59 Å². The lowest BCUT2D eigenvalue weighted by molar-refractivity contribution is 0.00170. The van der Waals surface area contributed by atoms with E-state index in [1.807, 2.05) is 54.9 Å². The SMILES string of the molecule is C=CC1CN2CCC1CC2C(NC(=O)c1ccc(-c2cccc3cccc(-c4ccc(-c5cccc6cccc(-c7ccc(C(=O)N[C@@H](c8ccnc9ccc(OC)cc89)[C@@H]8CC9CCN8CC9C=C)cc7)c56)c5c4=[N+]=S=[N+]=5)c23)cc1)c1ccnc2ccc(C)cc12. The molecule has 452 valence electrons. The average Bonchev–Trinajstić information content (AvgIpc) is 1.68. The molecule has 11 aromatic rings. The Hall–Kier alpha value is -9.90. The van der Waals surface area contributed by atoms with Crippen molar-refractivity contribution in [2.24, 2.45) is 23.7 Å². The van der Waals surface area contributed by atoms with Crippen molar-refractivity contribution in [2.45, 2.75) is 56.8 Å². The number of nitrogens with one attached hydrogen (secondary N) is 2. The number of methoxy groups -OCH3 is 1. The number of fused-ring (bicyclic) bond motifs is 11. The molecule has 11 nitrogen and oxygen atoms in total. The van der Waals surface area contributed by atoms with Crippen LogP contribution in [0.1, 0.15) is 75.2 Å². The molecule has 0 saturated carbocycles.